The maximum atomic E-state index is 13.5. The first-order chi connectivity index (χ1) is 15.4. The number of para-hydroxylation sites is 1. The predicted molar refractivity (Wildman–Crippen MR) is 125 cm³/mol. The number of amides is 1. The zero-order chi connectivity index (χ0) is 22.8. The number of benzene rings is 3. The summed E-state index contributed by atoms with van der Waals surface area (Å²) in [5.74, 6) is -1.04. The van der Waals surface area contributed by atoms with Gasteiger partial charge in [-0.15, -0.1) is 0 Å². The maximum absolute atomic E-state index is 13.5. The molecule has 0 spiro atoms. The molecule has 1 aliphatic rings. The average Bonchev–Trinajstić information content (AvgIpc) is 2.78. The summed E-state index contributed by atoms with van der Waals surface area (Å²) < 4.78 is 13.4. The summed E-state index contributed by atoms with van der Waals surface area (Å²) in [6, 6.07) is 19.9. The molecule has 6 heteroatoms. The van der Waals surface area contributed by atoms with Gasteiger partial charge in [-0.05, 0) is 60.9 Å². The molecule has 162 valence electrons. The van der Waals surface area contributed by atoms with Gasteiger partial charge in [0, 0.05) is 23.0 Å². The second kappa shape index (κ2) is 8.97. The van der Waals surface area contributed by atoms with Crippen LogP contribution >= 0.6 is 11.6 Å². The lowest BCUT2D eigenvalue weighted by Crippen LogP contribution is -2.37. The van der Waals surface area contributed by atoms with Crippen molar-refractivity contribution < 1.29 is 14.0 Å². The van der Waals surface area contributed by atoms with Gasteiger partial charge in [0.1, 0.15) is 11.9 Å². The van der Waals surface area contributed by atoms with Crippen LogP contribution in [0.1, 0.15) is 36.6 Å². The molecule has 0 saturated heterocycles. The first kappa shape index (κ1) is 21.8. The van der Waals surface area contributed by atoms with Crippen molar-refractivity contribution in [2.24, 2.45) is 0 Å². The largest absolute Gasteiger partial charge is 0.340 e. The summed E-state index contributed by atoms with van der Waals surface area (Å²) in [4.78, 5) is 27.9. The Morgan fingerprint density at radius 1 is 1.00 bits per heavy atom. The first-order valence-electron chi connectivity index (χ1n) is 10.2. The van der Waals surface area contributed by atoms with E-state index in [4.69, 9.17) is 11.6 Å². The summed E-state index contributed by atoms with van der Waals surface area (Å²) in [5, 5.41) is 3.42. The number of nitrogens with one attached hydrogen (secondary N) is 1. The highest BCUT2D eigenvalue weighted by molar-refractivity contribution is 6.32. The minimum atomic E-state index is -0.891. The molecule has 0 aliphatic carbocycles. The average molecular weight is 449 g/mol. The van der Waals surface area contributed by atoms with E-state index in [2.05, 4.69) is 5.32 Å². The number of rotatable bonds is 5. The SMILES string of the molecule is CC(=O)[C@@H](NC(=O)C1=C(C)N(c2ccccc2)Cc2c(Cl)cccc21)c1ccc(F)cc1. The second-order valence-electron chi connectivity index (χ2n) is 7.72. The lowest BCUT2D eigenvalue weighted by Gasteiger charge is -2.34. The van der Waals surface area contributed by atoms with E-state index in [1.165, 1.54) is 31.2 Å². The van der Waals surface area contributed by atoms with Gasteiger partial charge in [-0.25, -0.2) is 4.39 Å². The van der Waals surface area contributed by atoms with Gasteiger partial charge in [0.05, 0.1) is 5.57 Å². The molecular formula is C26H22ClFN2O2. The number of anilines is 1. The van der Waals surface area contributed by atoms with Crippen molar-refractivity contribution in [1.29, 1.82) is 0 Å². The molecule has 0 bridgehead atoms. The summed E-state index contributed by atoms with van der Waals surface area (Å²) in [6.07, 6.45) is 0. The Kier molecular flexibility index (Phi) is 6.10. The molecule has 32 heavy (non-hydrogen) atoms. The van der Waals surface area contributed by atoms with Crippen LogP contribution < -0.4 is 10.2 Å². The molecule has 0 saturated carbocycles. The van der Waals surface area contributed by atoms with Gasteiger partial charge in [0.2, 0.25) is 0 Å². The van der Waals surface area contributed by atoms with Crippen LogP contribution in [-0.4, -0.2) is 11.7 Å². The molecule has 0 radical (unpaired) electrons. The quantitative estimate of drug-likeness (QED) is 0.546. The smallest absolute Gasteiger partial charge is 0.254 e. The fourth-order valence-electron chi connectivity index (χ4n) is 4.02. The Morgan fingerprint density at radius 2 is 1.69 bits per heavy atom. The Labute approximate surface area is 191 Å². The van der Waals surface area contributed by atoms with E-state index in [9.17, 15) is 14.0 Å². The van der Waals surface area contributed by atoms with Gasteiger partial charge in [0.25, 0.3) is 5.91 Å². The van der Waals surface area contributed by atoms with Gasteiger partial charge in [0.15, 0.2) is 5.78 Å². The molecule has 0 aromatic heterocycles. The highest BCUT2D eigenvalue weighted by Gasteiger charge is 2.31. The van der Waals surface area contributed by atoms with Crippen molar-refractivity contribution >= 4 is 34.6 Å². The summed E-state index contributed by atoms with van der Waals surface area (Å²) >= 11 is 6.51. The fraction of sp³-hybridized carbons (Fsp3) is 0.154. The van der Waals surface area contributed by atoms with Crippen molar-refractivity contribution in [3.8, 4) is 0 Å². The maximum Gasteiger partial charge on any atom is 0.254 e. The number of fused-ring (bicyclic) bond motifs is 1. The summed E-state index contributed by atoms with van der Waals surface area (Å²) in [6.45, 7) is 3.81. The van der Waals surface area contributed by atoms with E-state index in [-0.39, 0.29) is 5.78 Å². The van der Waals surface area contributed by atoms with Gasteiger partial charge in [-0.2, -0.15) is 0 Å². The summed E-state index contributed by atoms with van der Waals surface area (Å²) in [5.41, 5.74) is 4.24. The van der Waals surface area contributed by atoms with Gasteiger partial charge >= 0.3 is 0 Å². The number of hydrogen-bond donors (Lipinski definition) is 1. The number of nitrogens with zero attached hydrogens (tertiary/aromatic N) is 1. The van der Waals surface area contributed by atoms with Crippen LogP contribution in [0, 0.1) is 5.82 Å². The van der Waals surface area contributed by atoms with Crippen LogP contribution in [0.2, 0.25) is 5.02 Å². The van der Waals surface area contributed by atoms with Crippen LogP contribution in [0.25, 0.3) is 5.57 Å². The molecule has 3 aromatic carbocycles. The third-order valence-corrected chi connectivity index (χ3v) is 6.01. The van der Waals surface area contributed by atoms with Crippen molar-refractivity contribution in [2.45, 2.75) is 26.4 Å². The lowest BCUT2D eigenvalue weighted by molar-refractivity contribution is -0.124. The normalized spacial score (nSPS) is 14.1. The Balaban J connectivity index is 1.77. The van der Waals surface area contributed by atoms with Crippen LogP contribution in [0.5, 0.6) is 0 Å². The third kappa shape index (κ3) is 4.16. The Bertz CT molecular complexity index is 1210. The Morgan fingerprint density at radius 3 is 2.34 bits per heavy atom. The zero-order valence-corrected chi connectivity index (χ0v) is 18.5. The lowest BCUT2D eigenvalue weighted by atomic mass is 9.92. The van der Waals surface area contributed by atoms with E-state index in [1.54, 1.807) is 6.07 Å². The molecule has 1 N–H and O–H groups in total. The number of ketones is 1. The number of carbonyl (C=O) groups is 2. The number of hydrogen-bond acceptors (Lipinski definition) is 3. The minimum Gasteiger partial charge on any atom is -0.340 e. The summed E-state index contributed by atoms with van der Waals surface area (Å²) in [7, 11) is 0. The molecule has 1 aliphatic heterocycles. The van der Waals surface area contributed by atoms with Crippen molar-refractivity contribution in [3.63, 3.8) is 0 Å². The molecule has 1 heterocycles. The van der Waals surface area contributed by atoms with E-state index in [0.717, 1.165) is 22.5 Å². The fourth-order valence-corrected chi connectivity index (χ4v) is 4.25. The highest BCUT2D eigenvalue weighted by atomic mass is 35.5. The molecule has 1 atom stereocenters. The molecular weight excluding hydrogens is 427 g/mol. The first-order valence-corrected chi connectivity index (χ1v) is 10.6. The zero-order valence-electron chi connectivity index (χ0n) is 17.7. The standard InChI is InChI=1S/C26H22ClFN2O2/c1-16-24(26(32)29-25(17(2)31)18-11-13-19(28)14-12-18)21-9-6-10-23(27)22(21)15-30(16)20-7-4-3-5-8-20/h3-14,25H,15H2,1-2H3,(H,29,32)/t25-/m1/s1. The van der Waals surface area contributed by atoms with Crippen LogP contribution in [-0.2, 0) is 16.1 Å². The molecule has 0 unspecified atom stereocenters. The van der Waals surface area contributed by atoms with Crippen molar-refractivity contribution in [3.05, 3.63) is 106 Å². The number of halogens is 2. The minimum absolute atomic E-state index is 0.245. The highest BCUT2D eigenvalue weighted by Crippen LogP contribution is 2.38. The van der Waals surface area contributed by atoms with Gasteiger partial charge < -0.3 is 10.2 Å². The number of allylic oxidation sites excluding steroid dienone is 1. The van der Waals surface area contributed by atoms with E-state index in [1.807, 2.05) is 54.3 Å². The molecule has 4 nitrogen and oxygen atoms in total. The molecule has 3 aromatic rings. The monoisotopic (exact) mass is 448 g/mol. The van der Waals surface area contributed by atoms with Gasteiger partial charge in [-0.3, -0.25) is 9.59 Å². The predicted octanol–water partition coefficient (Wildman–Crippen LogP) is 5.68. The Hall–Kier alpha value is -3.44. The topological polar surface area (TPSA) is 49.4 Å². The molecule has 0 fully saturated rings. The van der Waals surface area contributed by atoms with Crippen LogP contribution in [0.4, 0.5) is 10.1 Å². The van der Waals surface area contributed by atoms with E-state index in [0.29, 0.717) is 22.7 Å². The molecule has 1 amide bonds. The van der Waals surface area contributed by atoms with Crippen LogP contribution in [0.3, 0.4) is 0 Å². The van der Waals surface area contributed by atoms with Crippen molar-refractivity contribution in [2.75, 3.05) is 4.90 Å². The van der Waals surface area contributed by atoms with Gasteiger partial charge in [-0.1, -0.05) is 54.1 Å². The van der Waals surface area contributed by atoms with Crippen LogP contribution in [0.15, 0.2) is 78.5 Å². The van der Waals surface area contributed by atoms with Crippen molar-refractivity contribution in [1.82, 2.24) is 5.32 Å². The third-order valence-electron chi connectivity index (χ3n) is 5.65. The second-order valence-corrected chi connectivity index (χ2v) is 8.12. The van der Waals surface area contributed by atoms with E-state index < -0.39 is 17.8 Å². The number of Topliss-reactive ketones (excluding diaryl/α,β-unsaturated/α-hetero) is 1. The number of carbonyl (C=O) groups excluding carboxylic acids is 2. The van der Waals surface area contributed by atoms with E-state index >= 15 is 0 Å². The molecule has 4 rings (SSSR count).